The van der Waals surface area contributed by atoms with Gasteiger partial charge in [0.2, 0.25) is 0 Å². The Bertz CT molecular complexity index is 12.0. The molecule has 8 heavy (non-hydrogen) atoms. The van der Waals surface area contributed by atoms with Crippen LogP contribution in [-0.4, -0.2) is 34.7 Å². The summed E-state index contributed by atoms with van der Waals surface area (Å²) in [6.07, 6.45) is 0. The Morgan fingerprint density at radius 1 is 0.375 bits per heavy atom. The van der Waals surface area contributed by atoms with E-state index in [-0.39, 0.29) is 116 Å². The summed E-state index contributed by atoms with van der Waals surface area (Å²) < 4.78 is 0. The Hall–Kier alpha value is 2.90. The minimum atomic E-state index is 0. The molecule has 0 atom stereocenters. The second kappa shape index (κ2) is 93.1. The molecule has 0 unspecified atom stereocenters. The minimum absolute atomic E-state index is 0. The topological polar surface area (TPSA) is 114 Å². The predicted molar refractivity (Wildman–Crippen MR) is 14.3 cm³/mol. The Morgan fingerprint density at radius 3 is 0.375 bits per heavy atom. The van der Waals surface area contributed by atoms with E-state index in [0.29, 0.717) is 0 Å². The fourth-order valence-electron chi connectivity index (χ4n) is 0. The second-order valence-corrected chi connectivity index (χ2v) is 0. The maximum absolute atomic E-state index is 0. The zero-order valence-corrected chi connectivity index (χ0v) is 11.1. The van der Waals surface area contributed by atoms with Gasteiger partial charge in [0.05, 0.1) is 0 Å². The monoisotopic (exact) mass is 164 g/mol. The van der Waals surface area contributed by atoms with Crippen LogP contribution in [0.1, 0.15) is 0 Å². The van der Waals surface area contributed by atoms with E-state index in [1.807, 2.05) is 0 Å². The van der Waals surface area contributed by atoms with Crippen LogP contribution in [0.3, 0.4) is 0 Å². The van der Waals surface area contributed by atoms with Gasteiger partial charge in [-0.1, -0.05) is 0 Å². The molecule has 0 aromatic rings. The van der Waals surface area contributed by atoms with Gasteiger partial charge in [0, 0.05) is 0 Å². The zero-order valence-electron chi connectivity index (χ0n) is 4.79. The van der Waals surface area contributed by atoms with Crippen LogP contribution in [0.25, 0.3) is 0 Å². The van der Waals surface area contributed by atoms with Crippen LogP contribution in [0.5, 0.6) is 0 Å². The quantitative estimate of drug-likeness (QED) is 0.316. The first-order chi connectivity index (χ1) is 0. The average molecular weight is 164 g/mol. The fraction of sp³-hybridized carbons (Fsp3) is 0. The van der Waals surface area contributed by atoms with Gasteiger partial charge in [0.15, 0.2) is 0 Å². The first kappa shape index (κ1) is 127. The molecule has 0 fully saturated rings. The van der Waals surface area contributed by atoms with Crippen molar-refractivity contribution in [1.29, 1.82) is 0 Å². The van der Waals surface area contributed by atoms with E-state index in [9.17, 15) is 0 Å². The first-order valence-electron chi connectivity index (χ1n) is 0. The molecule has 0 aliphatic rings. The molecule has 4 nitrogen and oxygen atoms in total. The van der Waals surface area contributed by atoms with Crippen LogP contribution in [0.2, 0.25) is 0 Å². The van der Waals surface area contributed by atoms with E-state index < -0.39 is 0 Å². The van der Waals surface area contributed by atoms with E-state index in [1.54, 1.807) is 0 Å². The molecule has 0 saturated heterocycles. The van der Waals surface area contributed by atoms with Crippen molar-refractivity contribution in [2.75, 3.05) is 0 Å². The third-order valence-electron chi connectivity index (χ3n) is 0. The number of rotatable bonds is 0. The van der Waals surface area contributed by atoms with Crippen molar-refractivity contribution in [3.05, 3.63) is 0 Å². The molecule has 0 heterocycles. The molecule has 0 amide bonds. The van der Waals surface area contributed by atoms with Crippen molar-refractivity contribution in [2.24, 2.45) is 0 Å². The smallest absolute Gasteiger partial charge is 2.00 e. The van der Waals surface area contributed by atoms with Gasteiger partial charge in [-0.3, -0.25) is 0 Å². The van der Waals surface area contributed by atoms with Crippen LogP contribution >= 0.6 is 0 Å². The Labute approximate surface area is 114 Å². The maximum Gasteiger partial charge on any atom is 3.00 e. The first-order valence-corrected chi connectivity index (χ1v) is 0. The van der Waals surface area contributed by atoms with Crippen LogP contribution in [0.15, 0.2) is 0 Å². The molecule has 0 rings (SSSR count). The van der Waals surface area contributed by atoms with Crippen LogP contribution in [0, 0.1) is 0 Å². The average Bonchev–Trinajstić information content (AvgIpc) is 0. The standard InChI is InChI=1S/2Al.2Na.4O/q2*+3;2*+1;4*-2. The van der Waals surface area contributed by atoms with Crippen molar-refractivity contribution in [2.45, 2.75) is 0 Å². The molecule has 32 valence electrons. The second-order valence-electron chi connectivity index (χ2n) is 0. The maximum atomic E-state index is 0. The zero-order chi connectivity index (χ0) is 0. The molecule has 0 N–H and O–H groups in total. The van der Waals surface area contributed by atoms with Crippen LogP contribution in [-0.2, 0) is 21.9 Å². The van der Waals surface area contributed by atoms with Gasteiger partial charge in [-0.15, -0.1) is 0 Å². The van der Waals surface area contributed by atoms with E-state index in [1.165, 1.54) is 0 Å². The largest absolute Gasteiger partial charge is 3.00 e. The van der Waals surface area contributed by atoms with Crippen molar-refractivity contribution in [1.82, 2.24) is 0 Å². The molecule has 0 aromatic carbocycles. The van der Waals surface area contributed by atoms with Gasteiger partial charge >= 0.3 is 93.8 Å². The van der Waals surface area contributed by atoms with Gasteiger partial charge in [0.1, 0.15) is 0 Å². The van der Waals surface area contributed by atoms with Crippen molar-refractivity contribution in [3.8, 4) is 0 Å². The molecule has 0 aliphatic carbocycles. The Morgan fingerprint density at radius 2 is 0.375 bits per heavy atom. The van der Waals surface area contributed by atoms with Gasteiger partial charge in [-0.05, 0) is 0 Å². The molecule has 0 aromatic heterocycles. The summed E-state index contributed by atoms with van der Waals surface area (Å²) in [5.74, 6) is 0. The number of hydrogen-bond donors (Lipinski definition) is 0. The minimum Gasteiger partial charge on any atom is -2.00 e. The summed E-state index contributed by atoms with van der Waals surface area (Å²) in [5, 5.41) is 0. The van der Waals surface area contributed by atoms with E-state index in [2.05, 4.69) is 0 Å². The van der Waals surface area contributed by atoms with Crippen molar-refractivity contribution >= 4 is 34.7 Å². The summed E-state index contributed by atoms with van der Waals surface area (Å²) in [7, 11) is 0. The number of hydrogen-bond acceptors (Lipinski definition) is 0. The summed E-state index contributed by atoms with van der Waals surface area (Å²) in [6.45, 7) is 0. The SMILES string of the molecule is [Al+3].[Al+3].[Na+].[Na+].[O-2].[O-2].[O-2].[O-2]. The van der Waals surface area contributed by atoms with Gasteiger partial charge in [-0.25, -0.2) is 0 Å². The summed E-state index contributed by atoms with van der Waals surface area (Å²) >= 11 is 0. The van der Waals surface area contributed by atoms with Crippen LogP contribution in [0.4, 0.5) is 0 Å². The molecular weight excluding hydrogens is 164 g/mol. The van der Waals surface area contributed by atoms with E-state index in [0.717, 1.165) is 0 Å². The van der Waals surface area contributed by atoms with Gasteiger partial charge < -0.3 is 21.9 Å². The molecule has 8 heteroatoms. The Kier molecular flexibility index (Phi) is 1480. The molecule has 0 spiro atoms. The molecule has 0 saturated carbocycles. The van der Waals surface area contributed by atoms with Crippen LogP contribution < -0.4 is 59.1 Å². The summed E-state index contributed by atoms with van der Waals surface area (Å²) in [4.78, 5) is 0. The molecule has 0 bridgehead atoms. The third kappa shape index (κ3) is 65.9. The summed E-state index contributed by atoms with van der Waals surface area (Å²) in [6, 6.07) is 0. The third-order valence-corrected chi connectivity index (χ3v) is 0. The van der Waals surface area contributed by atoms with E-state index >= 15 is 0 Å². The Balaban J connectivity index is 0. The predicted octanol–water partition coefficient (Wildman–Crippen LogP) is -7.23. The summed E-state index contributed by atoms with van der Waals surface area (Å²) in [5.41, 5.74) is 0. The van der Waals surface area contributed by atoms with Gasteiger partial charge in [0.25, 0.3) is 0 Å². The van der Waals surface area contributed by atoms with Crippen molar-refractivity contribution in [3.63, 3.8) is 0 Å². The molecule has 0 radical (unpaired) electrons. The molecule has 0 aliphatic heterocycles. The molecular formula is Al2Na2O4. The normalized spacial score (nSPS) is 0. The fourth-order valence-corrected chi connectivity index (χ4v) is 0. The van der Waals surface area contributed by atoms with Gasteiger partial charge in [-0.2, -0.15) is 0 Å². The van der Waals surface area contributed by atoms with Crippen molar-refractivity contribution < 1.29 is 81.0 Å². The van der Waals surface area contributed by atoms with E-state index in [4.69, 9.17) is 0 Å².